The van der Waals surface area contributed by atoms with Crippen LogP contribution in [0.3, 0.4) is 0 Å². The molecule has 0 saturated heterocycles. The van der Waals surface area contributed by atoms with Gasteiger partial charge in [-0.3, -0.25) is 4.79 Å². The first-order valence-electron chi connectivity index (χ1n) is 7.42. The lowest BCUT2D eigenvalue weighted by atomic mass is 9.99. The maximum Gasteiger partial charge on any atom is 0.379 e. The molecule has 2 rings (SSSR count). The number of nitrogens with one attached hydrogen (secondary N) is 1. The lowest BCUT2D eigenvalue weighted by molar-refractivity contribution is -0.175. The molecule has 1 atom stereocenters. The summed E-state index contributed by atoms with van der Waals surface area (Å²) in [5, 5.41) is 2.24. The summed E-state index contributed by atoms with van der Waals surface area (Å²) in [7, 11) is 0. The molecule has 126 valence electrons. The van der Waals surface area contributed by atoms with Gasteiger partial charge >= 0.3 is 11.9 Å². The highest BCUT2D eigenvalue weighted by molar-refractivity contribution is 5.95. The minimum atomic E-state index is -3.90. The molecule has 0 fully saturated rings. The second-order valence-corrected chi connectivity index (χ2v) is 5.03. The minimum absolute atomic E-state index is 0.111. The third-order valence-corrected chi connectivity index (χ3v) is 3.35. The van der Waals surface area contributed by atoms with Crippen molar-refractivity contribution in [2.24, 2.45) is 0 Å². The number of rotatable bonds is 6. The van der Waals surface area contributed by atoms with Crippen molar-refractivity contribution in [1.82, 2.24) is 5.32 Å². The van der Waals surface area contributed by atoms with E-state index in [-0.39, 0.29) is 17.7 Å². The average molecular weight is 333 g/mol. The fraction of sp³-hybridized carbons (Fsp3) is 0.222. The number of benzene rings is 2. The molecule has 0 heterocycles. The molecular weight excluding hydrogens is 316 g/mol. The van der Waals surface area contributed by atoms with Crippen molar-refractivity contribution in [3.05, 3.63) is 71.8 Å². The van der Waals surface area contributed by atoms with Gasteiger partial charge in [-0.1, -0.05) is 48.5 Å². The number of carbonyl (C=O) groups is 2. The van der Waals surface area contributed by atoms with E-state index in [1.807, 2.05) is 0 Å². The Labute approximate surface area is 138 Å². The molecular formula is C18H17F2NO3. The predicted molar refractivity (Wildman–Crippen MR) is 84.7 cm³/mol. The first-order chi connectivity index (χ1) is 11.5. The van der Waals surface area contributed by atoms with Gasteiger partial charge in [0.15, 0.2) is 0 Å². The molecule has 0 saturated carbocycles. The van der Waals surface area contributed by atoms with Crippen molar-refractivity contribution >= 4 is 11.9 Å². The number of hydrogen-bond acceptors (Lipinski definition) is 3. The number of ether oxygens (including phenoxy) is 1. The third kappa shape index (κ3) is 3.95. The number of alkyl halides is 2. The number of amides is 1. The van der Waals surface area contributed by atoms with Crippen LogP contribution in [0, 0.1) is 0 Å². The van der Waals surface area contributed by atoms with Crippen LogP contribution in [0.2, 0.25) is 0 Å². The molecule has 2 aromatic carbocycles. The Morgan fingerprint density at radius 1 is 1.04 bits per heavy atom. The highest BCUT2D eigenvalue weighted by Gasteiger charge is 2.50. The van der Waals surface area contributed by atoms with Crippen molar-refractivity contribution in [2.75, 3.05) is 6.61 Å². The van der Waals surface area contributed by atoms with Crippen LogP contribution in [0.4, 0.5) is 8.78 Å². The number of hydrogen-bond donors (Lipinski definition) is 1. The van der Waals surface area contributed by atoms with Gasteiger partial charge in [0.05, 0.1) is 6.61 Å². The van der Waals surface area contributed by atoms with Gasteiger partial charge in [0.25, 0.3) is 5.91 Å². The molecule has 1 amide bonds. The number of halogens is 2. The molecule has 6 heteroatoms. The van der Waals surface area contributed by atoms with Crippen LogP contribution in [0.25, 0.3) is 0 Å². The zero-order valence-corrected chi connectivity index (χ0v) is 13.0. The number of carbonyl (C=O) groups excluding carboxylic acids is 2. The molecule has 0 aromatic heterocycles. The second kappa shape index (κ2) is 7.68. The van der Waals surface area contributed by atoms with E-state index in [2.05, 4.69) is 10.1 Å². The molecule has 0 aliphatic rings. The normalized spacial score (nSPS) is 12.3. The van der Waals surface area contributed by atoms with Crippen molar-refractivity contribution in [3.63, 3.8) is 0 Å². The summed E-state index contributed by atoms with van der Waals surface area (Å²) in [6, 6.07) is 13.7. The Morgan fingerprint density at radius 3 is 2.12 bits per heavy atom. The summed E-state index contributed by atoms with van der Waals surface area (Å²) < 4.78 is 33.5. The summed E-state index contributed by atoms with van der Waals surface area (Å²) in [5.74, 6) is -6.28. The zero-order chi connectivity index (χ0) is 17.6. The van der Waals surface area contributed by atoms with Crippen LogP contribution in [0.15, 0.2) is 60.7 Å². The maximum atomic E-state index is 14.5. The van der Waals surface area contributed by atoms with E-state index in [0.29, 0.717) is 0 Å². The Balaban J connectivity index is 2.34. The van der Waals surface area contributed by atoms with Gasteiger partial charge in [-0.15, -0.1) is 0 Å². The summed E-state index contributed by atoms with van der Waals surface area (Å²) >= 11 is 0. The summed E-state index contributed by atoms with van der Waals surface area (Å²) in [5.41, 5.74) is 0.331. The van der Waals surface area contributed by atoms with Crippen LogP contribution in [0.5, 0.6) is 0 Å². The van der Waals surface area contributed by atoms with Crippen molar-refractivity contribution < 1.29 is 23.1 Å². The number of esters is 1. The Hall–Kier alpha value is -2.76. The van der Waals surface area contributed by atoms with Gasteiger partial charge in [-0.25, -0.2) is 4.79 Å². The van der Waals surface area contributed by atoms with E-state index in [1.165, 1.54) is 31.2 Å². The van der Waals surface area contributed by atoms with E-state index >= 15 is 0 Å². The first kappa shape index (κ1) is 17.6. The van der Waals surface area contributed by atoms with Crippen molar-refractivity contribution in [3.8, 4) is 0 Å². The lowest BCUT2D eigenvalue weighted by Crippen LogP contribution is -2.46. The lowest BCUT2D eigenvalue weighted by Gasteiger charge is -2.26. The van der Waals surface area contributed by atoms with Gasteiger partial charge in [0, 0.05) is 5.56 Å². The van der Waals surface area contributed by atoms with E-state index in [0.717, 1.165) is 0 Å². The molecule has 2 aromatic rings. The quantitative estimate of drug-likeness (QED) is 0.825. The van der Waals surface area contributed by atoms with Crippen molar-refractivity contribution in [2.45, 2.75) is 18.9 Å². The Kier molecular flexibility index (Phi) is 5.63. The van der Waals surface area contributed by atoms with Gasteiger partial charge in [-0.05, 0) is 24.6 Å². The summed E-state index contributed by atoms with van der Waals surface area (Å²) in [6.07, 6.45) is 0. The van der Waals surface area contributed by atoms with Crippen LogP contribution >= 0.6 is 0 Å². The minimum Gasteiger partial charge on any atom is -0.461 e. The smallest absolute Gasteiger partial charge is 0.379 e. The molecule has 0 aliphatic heterocycles. The SMILES string of the molecule is CCOC(=O)C(F)(F)C(NC(=O)c1ccccc1)c1ccccc1. The molecule has 0 aliphatic carbocycles. The monoisotopic (exact) mass is 333 g/mol. The molecule has 0 bridgehead atoms. The van der Waals surface area contributed by atoms with Crippen LogP contribution in [-0.2, 0) is 9.53 Å². The van der Waals surface area contributed by atoms with Gasteiger partial charge in [0.1, 0.15) is 6.04 Å². The van der Waals surface area contributed by atoms with Gasteiger partial charge < -0.3 is 10.1 Å². The second-order valence-electron chi connectivity index (χ2n) is 5.03. The van der Waals surface area contributed by atoms with Crippen LogP contribution in [-0.4, -0.2) is 24.4 Å². The van der Waals surface area contributed by atoms with Crippen LogP contribution in [0.1, 0.15) is 28.9 Å². The highest BCUT2D eigenvalue weighted by Crippen LogP contribution is 2.33. The zero-order valence-electron chi connectivity index (χ0n) is 13.0. The molecule has 1 unspecified atom stereocenters. The predicted octanol–water partition coefficient (Wildman–Crippen LogP) is 3.36. The fourth-order valence-corrected chi connectivity index (χ4v) is 2.18. The average Bonchev–Trinajstić information content (AvgIpc) is 2.61. The molecule has 0 spiro atoms. The Bertz CT molecular complexity index is 690. The van der Waals surface area contributed by atoms with E-state index in [4.69, 9.17) is 0 Å². The molecule has 0 radical (unpaired) electrons. The molecule has 24 heavy (non-hydrogen) atoms. The molecule has 4 nitrogen and oxygen atoms in total. The van der Waals surface area contributed by atoms with Crippen molar-refractivity contribution in [1.29, 1.82) is 0 Å². The van der Waals surface area contributed by atoms with Gasteiger partial charge in [0.2, 0.25) is 0 Å². The van der Waals surface area contributed by atoms with E-state index in [1.54, 1.807) is 36.4 Å². The fourth-order valence-electron chi connectivity index (χ4n) is 2.18. The Morgan fingerprint density at radius 2 is 1.58 bits per heavy atom. The highest BCUT2D eigenvalue weighted by atomic mass is 19.3. The van der Waals surface area contributed by atoms with E-state index < -0.39 is 23.8 Å². The summed E-state index contributed by atoms with van der Waals surface area (Å²) in [4.78, 5) is 23.9. The maximum absolute atomic E-state index is 14.5. The van der Waals surface area contributed by atoms with Crippen LogP contribution < -0.4 is 5.32 Å². The standard InChI is InChI=1S/C18H17F2NO3/c1-2-24-17(23)18(19,20)15(13-9-5-3-6-10-13)21-16(22)14-11-7-4-8-12-14/h3-12,15H,2H2,1H3,(H,21,22). The summed E-state index contributed by atoms with van der Waals surface area (Å²) in [6.45, 7) is 1.26. The van der Waals surface area contributed by atoms with Gasteiger partial charge in [-0.2, -0.15) is 8.78 Å². The first-order valence-corrected chi connectivity index (χ1v) is 7.42. The molecule has 1 N–H and O–H groups in total. The largest absolute Gasteiger partial charge is 0.461 e. The van der Waals surface area contributed by atoms with E-state index in [9.17, 15) is 18.4 Å². The third-order valence-electron chi connectivity index (χ3n) is 3.35. The topological polar surface area (TPSA) is 55.4 Å².